The first-order valence-corrected chi connectivity index (χ1v) is 7.83. The summed E-state index contributed by atoms with van der Waals surface area (Å²) in [5, 5.41) is 8.32. The normalized spacial score (nSPS) is 10.8. The number of carbonyl (C=O) groups excluding carboxylic acids is 2. The zero-order valence-electron chi connectivity index (χ0n) is 14.2. The molecule has 0 heterocycles. The van der Waals surface area contributed by atoms with Crippen LogP contribution in [0.2, 0.25) is 0 Å². The van der Waals surface area contributed by atoms with Crippen molar-refractivity contribution in [2.24, 2.45) is 5.10 Å². The van der Waals surface area contributed by atoms with Crippen LogP contribution in [0.25, 0.3) is 10.8 Å². The van der Waals surface area contributed by atoms with E-state index in [0.717, 1.165) is 16.3 Å². The average molecular weight is 343 g/mol. The summed E-state index contributed by atoms with van der Waals surface area (Å²) in [6.45, 7) is 0.877. The Morgan fingerprint density at radius 2 is 1.92 bits per heavy atom. The summed E-state index contributed by atoms with van der Waals surface area (Å²) in [7, 11) is 3.14. The predicted molar refractivity (Wildman–Crippen MR) is 95.7 cm³/mol. The standard InChI is InChI=1S/C18H21N3O4/c1-24-11-5-10-19-17(22)18(23)21-20-12-15-14-7-4-3-6-13(14)8-9-16(15)25-2/h3-4,6-9,12H,5,10-11H2,1-2H3,(H,19,22)(H,21,23)/b20-12-. The van der Waals surface area contributed by atoms with Gasteiger partial charge in [0.25, 0.3) is 0 Å². The lowest BCUT2D eigenvalue weighted by atomic mass is 10.0. The van der Waals surface area contributed by atoms with Gasteiger partial charge in [0.2, 0.25) is 0 Å². The molecule has 0 aliphatic rings. The number of methoxy groups -OCH3 is 2. The van der Waals surface area contributed by atoms with Gasteiger partial charge in [0.05, 0.1) is 13.3 Å². The number of fused-ring (bicyclic) bond motifs is 1. The van der Waals surface area contributed by atoms with Crippen LogP contribution in [0.15, 0.2) is 41.5 Å². The van der Waals surface area contributed by atoms with Crippen LogP contribution in [0.3, 0.4) is 0 Å². The third kappa shape index (κ3) is 5.02. The molecule has 2 N–H and O–H groups in total. The number of hydrogen-bond donors (Lipinski definition) is 2. The number of benzene rings is 2. The molecule has 0 fully saturated rings. The summed E-state index contributed by atoms with van der Waals surface area (Å²) in [5.41, 5.74) is 2.94. The van der Waals surface area contributed by atoms with E-state index in [9.17, 15) is 9.59 Å². The van der Waals surface area contributed by atoms with E-state index in [4.69, 9.17) is 9.47 Å². The molecule has 0 radical (unpaired) electrons. The Morgan fingerprint density at radius 1 is 1.12 bits per heavy atom. The van der Waals surface area contributed by atoms with Crippen molar-refractivity contribution in [1.82, 2.24) is 10.7 Å². The smallest absolute Gasteiger partial charge is 0.329 e. The molecule has 0 unspecified atom stereocenters. The predicted octanol–water partition coefficient (Wildman–Crippen LogP) is 1.45. The molecule has 2 amide bonds. The quantitative estimate of drug-likeness (QED) is 0.345. The number of hydrogen-bond acceptors (Lipinski definition) is 5. The van der Waals surface area contributed by atoms with Crippen molar-refractivity contribution in [3.05, 3.63) is 42.0 Å². The summed E-state index contributed by atoms with van der Waals surface area (Å²) in [6, 6.07) is 11.5. The van der Waals surface area contributed by atoms with E-state index in [1.807, 2.05) is 36.4 Å². The second-order valence-corrected chi connectivity index (χ2v) is 5.20. The van der Waals surface area contributed by atoms with Crippen molar-refractivity contribution in [3.8, 4) is 5.75 Å². The van der Waals surface area contributed by atoms with Crippen molar-refractivity contribution in [1.29, 1.82) is 0 Å². The lowest BCUT2D eigenvalue weighted by Gasteiger charge is -2.08. The van der Waals surface area contributed by atoms with Gasteiger partial charge >= 0.3 is 11.8 Å². The van der Waals surface area contributed by atoms with Crippen LogP contribution in [0.1, 0.15) is 12.0 Å². The maximum Gasteiger partial charge on any atom is 0.329 e. The number of nitrogens with zero attached hydrogens (tertiary/aromatic N) is 1. The van der Waals surface area contributed by atoms with E-state index in [2.05, 4.69) is 15.8 Å². The molecule has 0 saturated heterocycles. The Balaban J connectivity index is 2.03. The highest BCUT2D eigenvalue weighted by molar-refractivity contribution is 6.35. The molecule has 0 bridgehead atoms. The van der Waals surface area contributed by atoms with Gasteiger partial charge in [0.1, 0.15) is 5.75 Å². The largest absolute Gasteiger partial charge is 0.496 e. The minimum Gasteiger partial charge on any atom is -0.496 e. The van der Waals surface area contributed by atoms with E-state index in [-0.39, 0.29) is 0 Å². The van der Waals surface area contributed by atoms with E-state index >= 15 is 0 Å². The van der Waals surface area contributed by atoms with Crippen LogP contribution in [-0.4, -0.2) is 45.4 Å². The van der Waals surface area contributed by atoms with Gasteiger partial charge in [0, 0.05) is 25.8 Å². The Bertz CT molecular complexity index is 774. The van der Waals surface area contributed by atoms with Gasteiger partial charge in [-0.3, -0.25) is 9.59 Å². The molecule has 132 valence electrons. The fourth-order valence-electron chi connectivity index (χ4n) is 2.29. The molecule has 0 saturated carbocycles. The van der Waals surface area contributed by atoms with Gasteiger partial charge in [-0.1, -0.05) is 30.3 Å². The van der Waals surface area contributed by atoms with E-state index in [0.29, 0.717) is 25.3 Å². The molecule has 7 nitrogen and oxygen atoms in total. The molecule has 7 heteroatoms. The van der Waals surface area contributed by atoms with Crippen LogP contribution in [0.5, 0.6) is 5.75 Å². The lowest BCUT2D eigenvalue weighted by molar-refractivity contribution is -0.139. The summed E-state index contributed by atoms with van der Waals surface area (Å²) < 4.78 is 10.2. The molecule has 2 aromatic rings. The first-order chi connectivity index (χ1) is 12.2. The van der Waals surface area contributed by atoms with Crippen LogP contribution >= 0.6 is 0 Å². The Labute approximate surface area is 146 Å². The SMILES string of the molecule is COCCCNC(=O)C(=O)N/N=C\c1c(OC)ccc2ccccc12. The molecule has 0 atom stereocenters. The lowest BCUT2D eigenvalue weighted by Crippen LogP contribution is -2.38. The summed E-state index contributed by atoms with van der Waals surface area (Å²) in [5.74, 6) is -0.938. The van der Waals surface area contributed by atoms with Gasteiger partial charge in [-0.15, -0.1) is 0 Å². The van der Waals surface area contributed by atoms with Crippen LogP contribution < -0.4 is 15.5 Å². The van der Waals surface area contributed by atoms with E-state index in [1.165, 1.54) is 6.21 Å². The Kier molecular flexibility index (Phi) is 6.91. The fourth-order valence-corrected chi connectivity index (χ4v) is 2.29. The monoisotopic (exact) mass is 343 g/mol. The van der Waals surface area contributed by atoms with E-state index < -0.39 is 11.8 Å². The molecule has 2 aromatic carbocycles. The van der Waals surface area contributed by atoms with E-state index in [1.54, 1.807) is 14.2 Å². The number of amides is 2. The minimum atomic E-state index is -0.826. The Morgan fingerprint density at radius 3 is 2.68 bits per heavy atom. The van der Waals surface area contributed by atoms with Gasteiger partial charge in [-0.2, -0.15) is 5.10 Å². The second kappa shape index (κ2) is 9.39. The summed E-state index contributed by atoms with van der Waals surface area (Å²) >= 11 is 0. The number of nitrogens with one attached hydrogen (secondary N) is 2. The molecule has 25 heavy (non-hydrogen) atoms. The number of rotatable bonds is 7. The third-order valence-electron chi connectivity index (χ3n) is 3.53. The summed E-state index contributed by atoms with van der Waals surface area (Å²) in [4.78, 5) is 23.3. The zero-order valence-corrected chi connectivity index (χ0v) is 14.2. The molecule has 0 aliphatic carbocycles. The number of hydrazone groups is 1. The minimum absolute atomic E-state index is 0.362. The number of carbonyl (C=O) groups is 2. The molecular weight excluding hydrogens is 322 g/mol. The van der Waals surface area contributed by atoms with Crippen molar-refractivity contribution in [3.63, 3.8) is 0 Å². The van der Waals surface area contributed by atoms with Crippen molar-refractivity contribution < 1.29 is 19.1 Å². The van der Waals surface area contributed by atoms with Gasteiger partial charge < -0.3 is 14.8 Å². The molecule has 0 aromatic heterocycles. The molecule has 0 aliphatic heterocycles. The molecule has 0 spiro atoms. The molecular formula is C18H21N3O4. The van der Waals surface area contributed by atoms with Gasteiger partial charge in [-0.25, -0.2) is 5.43 Å². The second-order valence-electron chi connectivity index (χ2n) is 5.20. The fraction of sp³-hybridized carbons (Fsp3) is 0.278. The van der Waals surface area contributed by atoms with Crippen LogP contribution in [0.4, 0.5) is 0 Å². The first-order valence-electron chi connectivity index (χ1n) is 7.83. The maximum absolute atomic E-state index is 11.7. The zero-order chi connectivity index (χ0) is 18.1. The van der Waals surface area contributed by atoms with Crippen LogP contribution in [0, 0.1) is 0 Å². The van der Waals surface area contributed by atoms with Crippen LogP contribution in [-0.2, 0) is 14.3 Å². The molecule has 2 rings (SSSR count). The average Bonchev–Trinajstić information content (AvgIpc) is 2.65. The van der Waals surface area contributed by atoms with Crippen molar-refractivity contribution in [2.45, 2.75) is 6.42 Å². The first kappa shape index (κ1) is 18.4. The highest BCUT2D eigenvalue weighted by atomic mass is 16.5. The van der Waals surface area contributed by atoms with Gasteiger partial charge in [0.15, 0.2) is 0 Å². The highest BCUT2D eigenvalue weighted by Crippen LogP contribution is 2.26. The third-order valence-corrected chi connectivity index (χ3v) is 3.53. The number of ether oxygens (including phenoxy) is 2. The summed E-state index contributed by atoms with van der Waals surface area (Å²) in [6.07, 6.45) is 2.10. The maximum atomic E-state index is 11.7. The van der Waals surface area contributed by atoms with Crippen molar-refractivity contribution >= 4 is 28.8 Å². The highest BCUT2D eigenvalue weighted by Gasteiger charge is 2.12. The van der Waals surface area contributed by atoms with Crippen molar-refractivity contribution in [2.75, 3.05) is 27.4 Å². The van der Waals surface area contributed by atoms with Gasteiger partial charge in [-0.05, 0) is 23.3 Å². The Hall–Kier alpha value is -2.93. The topological polar surface area (TPSA) is 89.0 Å².